The SMILES string of the molecule is CC(=O)c1cccc2cc3ccccc3nc12. The Labute approximate surface area is 98.9 Å². The molecule has 1 heterocycles. The standard InChI is InChI=1S/C15H11NO/c1-10(17)13-7-4-6-12-9-11-5-2-3-8-14(11)16-15(12)13/h2-9H,1H3. The van der Waals surface area contributed by atoms with Crippen LogP contribution in [0.3, 0.4) is 0 Å². The third-order valence-corrected chi connectivity index (χ3v) is 2.93. The van der Waals surface area contributed by atoms with Gasteiger partial charge in [-0.25, -0.2) is 4.98 Å². The predicted molar refractivity (Wildman–Crippen MR) is 69.3 cm³/mol. The van der Waals surface area contributed by atoms with E-state index in [0.29, 0.717) is 5.56 Å². The molecule has 1 aromatic heterocycles. The van der Waals surface area contributed by atoms with Gasteiger partial charge in [-0.05, 0) is 25.1 Å². The number of benzene rings is 2. The number of carbonyl (C=O) groups excluding carboxylic acids is 1. The van der Waals surface area contributed by atoms with Crippen LogP contribution < -0.4 is 0 Å². The zero-order valence-electron chi connectivity index (χ0n) is 9.47. The van der Waals surface area contributed by atoms with E-state index in [9.17, 15) is 4.79 Å². The van der Waals surface area contributed by atoms with Gasteiger partial charge in [-0.15, -0.1) is 0 Å². The fourth-order valence-electron chi connectivity index (χ4n) is 2.09. The number of fused-ring (bicyclic) bond motifs is 2. The number of hydrogen-bond acceptors (Lipinski definition) is 2. The van der Waals surface area contributed by atoms with Gasteiger partial charge >= 0.3 is 0 Å². The fourth-order valence-corrected chi connectivity index (χ4v) is 2.09. The Morgan fingerprint density at radius 2 is 1.76 bits per heavy atom. The second-order valence-electron chi connectivity index (χ2n) is 4.11. The fraction of sp³-hybridized carbons (Fsp3) is 0.0667. The van der Waals surface area contributed by atoms with E-state index in [1.54, 1.807) is 6.92 Å². The monoisotopic (exact) mass is 221 g/mol. The lowest BCUT2D eigenvalue weighted by molar-refractivity contribution is 0.101. The summed E-state index contributed by atoms with van der Waals surface area (Å²) in [6.07, 6.45) is 0. The highest BCUT2D eigenvalue weighted by Gasteiger charge is 2.07. The van der Waals surface area contributed by atoms with Crippen LogP contribution in [0.4, 0.5) is 0 Å². The number of rotatable bonds is 1. The van der Waals surface area contributed by atoms with E-state index >= 15 is 0 Å². The van der Waals surface area contributed by atoms with E-state index in [1.165, 1.54) is 0 Å². The first-order chi connectivity index (χ1) is 8.25. The average molecular weight is 221 g/mol. The van der Waals surface area contributed by atoms with Crippen molar-refractivity contribution in [2.45, 2.75) is 6.92 Å². The predicted octanol–water partition coefficient (Wildman–Crippen LogP) is 3.59. The van der Waals surface area contributed by atoms with E-state index in [2.05, 4.69) is 11.1 Å². The number of nitrogens with zero attached hydrogens (tertiary/aromatic N) is 1. The van der Waals surface area contributed by atoms with Crippen LogP contribution in [0.1, 0.15) is 17.3 Å². The minimum Gasteiger partial charge on any atom is -0.294 e. The highest BCUT2D eigenvalue weighted by molar-refractivity contribution is 6.07. The lowest BCUT2D eigenvalue weighted by atomic mass is 10.0. The Kier molecular flexibility index (Phi) is 2.15. The molecular weight excluding hydrogens is 210 g/mol. The highest BCUT2D eigenvalue weighted by Crippen LogP contribution is 2.22. The largest absolute Gasteiger partial charge is 0.294 e. The molecule has 0 saturated carbocycles. The highest BCUT2D eigenvalue weighted by atomic mass is 16.1. The Morgan fingerprint density at radius 3 is 2.59 bits per heavy atom. The summed E-state index contributed by atoms with van der Waals surface area (Å²) in [7, 11) is 0. The molecular formula is C15H11NO. The second kappa shape index (κ2) is 3.67. The maximum absolute atomic E-state index is 11.6. The molecule has 0 aliphatic carbocycles. The van der Waals surface area contributed by atoms with Crippen LogP contribution in [-0.2, 0) is 0 Å². The maximum atomic E-state index is 11.6. The van der Waals surface area contributed by atoms with Gasteiger partial charge in [0.05, 0.1) is 11.0 Å². The van der Waals surface area contributed by atoms with Crippen LogP contribution in [-0.4, -0.2) is 10.8 Å². The van der Waals surface area contributed by atoms with Crippen molar-refractivity contribution in [3.63, 3.8) is 0 Å². The Morgan fingerprint density at radius 1 is 1.00 bits per heavy atom. The van der Waals surface area contributed by atoms with Crippen LogP contribution >= 0.6 is 0 Å². The van der Waals surface area contributed by atoms with Crippen molar-refractivity contribution in [2.75, 3.05) is 0 Å². The van der Waals surface area contributed by atoms with Gasteiger partial charge in [0.1, 0.15) is 0 Å². The molecule has 3 rings (SSSR count). The molecule has 0 amide bonds. The molecule has 2 nitrogen and oxygen atoms in total. The van der Waals surface area contributed by atoms with E-state index < -0.39 is 0 Å². The third kappa shape index (κ3) is 1.58. The van der Waals surface area contributed by atoms with Crippen molar-refractivity contribution >= 4 is 27.6 Å². The van der Waals surface area contributed by atoms with Gasteiger partial charge in [-0.3, -0.25) is 4.79 Å². The van der Waals surface area contributed by atoms with Crippen molar-refractivity contribution in [3.05, 3.63) is 54.1 Å². The van der Waals surface area contributed by atoms with Crippen LogP contribution in [0.25, 0.3) is 21.8 Å². The molecule has 0 aliphatic heterocycles. The molecule has 0 aliphatic rings. The van der Waals surface area contributed by atoms with Crippen molar-refractivity contribution < 1.29 is 4.79 Å². The smallest absolute Gasteiger partial charge is 0.161 e. The molecule has 2 heteroatoms. The lowest BCUT2D eigenvalue weighted by Gasteiger charge is -2.04. The molecule has 2 aromatic carbocycles. The lowest BCUT2D eigenvalue weighted by Crippen LogP contribution is -1.95. The first-order valence-corrected chi connectivity index (χ1v) is 5.55. The molecule has 0 atom stereocenters. The third-order valence-electron chi connectivity index (χ3n) is 2.93. The molecule has 3 aromatic rings. The Balaban J connectivity index is 2.47. The van der Waals surface area contributed by atoms with E-state index in [1.807, 2.05) is 42.5 Å². The molecule has 0 N–H and O–H groups in total. The molecule has 0 fully saturated rings. The first kappa shape index (κ1) is 9.97. The topological polar surface area (TPSA) is 30.0 Å². The van der Waals surface area contributed by atoms with Crippen molar-refractivity contribution in [1.82, 2.24) is 4.98 Å². The van der Waals surface area contributed by atoms with E-state index in [4.69, 9.17) is 0 Å². The summed E-state index contributed by atoms with van der Waals surface area (Å²) in [5.41, 5.74) is 2.40. The number of aromatic nitrogens is 1. The number of pyridine rings is 1. The van der Waals surface area contributed by atoms with Gasteiger partial charge in [0.2, 0.25) is 0 Å². The molecule has 0 saturated heterocycles. The second-order valence-corrected chi connectivity index (χ2v) is 4.11. The van der Waals surface area contributed by atoms with Crippen LogP contribution in [0, 0.1) is 0 Å². The maximum Gasteiger partial charge on any atom is 0.161 e. The number of Topliss-reactive ketones (excluding diaryl/α,β-unsaturated/α-hetero) is 1. The number of hydrogen-bond donors (Lipinski definition) is 0. The number of para-hydroxylation sites is 2. The summed E-state index contributed by atoms with van der Waals surface area (Å²) in [5, 5.41) is 2.11. The molecule has 0 spiro atoms. The summed E-state index contributed by atoms with van der Waals surface area (Å²) in [4.78, 5) is 16.1. The van der Waals surface area contributed by atoms with Gasteiger partial charge in [-0.2, -0.15) is 0 Å². The van der Waals surface area contributed by atoms with Crippen LogP contribution in [0.15, 0.2) is 48.5 Å². The normalized spacial score (nSPS) is 10.9. The van der Waals surface area contributed by atoms with Gasteiger partial charge < -0.3 is 0 Å². The van der Waals surface area contributed by atoms with Gasteiger partial charge in [0.25, 0.3) is 0 Å². The van der Waals surface area contributed by atoms with Crippen molar-refractivity contribution in [1.29, 1.82) is 0 Å². The van der Waals surface area contributed by atoms with Crippen molar-refractivity contribution in [3.8, 4) is 0 Å². The summed E-state index contributed by atoms with van der Waals surface area (Å²) >= 11 is 0. The quantitative estimate of drug-likeness (QED) is 0.464. The summed E-state index contributed by atoms with van der Waals surface area (Å²) in [6, 6.07) is 15.7. The van der Waals surface area contributed by atoms with Crippen LogP contribution in [0.2, 0.25) is 0 Å². The summed E-state index contributed by atoms with van der Waals surface area (Å²) in [6.45, 7) is 1.58. The summed E-state index contributed by atoms with van der Waals surface area (Å²) < 4.78 is 0. The van der Waals surface area contributed by atoms with E-state index in [0.717, 1.165) is 21.8 Å². The molecule has 0 unspecified atom stereocenters. The minimum absolute atomic E-state index is 0.0541. The van der Waals surface area contributed by atoms with Gasteiger partial charge in [0, 0.05) is 16.3 Å². The minimum atomic E-state index is 0.0541. The molecule has 82 valence electrons. The Hall–Kier alpha value is -2.22. The van der Waals surface area contributed by atoms with Gasteiger partial charge in [0.15, 0.2) is 5.78 Å². The zero-order chi connectivity index (χ0) is 11.8. The molecule has 0 bridgehead atoms. The van der Waals surface area contributed by atoms with Gasteiger partial charge in [-0.1, -0.05) is 30.3 Å². The van der Waals surface area contributed by atoms with E-state index in [-0.39, 0.29) is 5.78 Å². The van der Waals surface area contributed by atoms with Crippen molar-refractivity contribution in [2.24, 2.45) is 0 Å². The number of carbonyl (C=O) groups is 1. The van der Waals surface area contributed by atoms with Crippen LogP contribution in [0.5, 0.6) is 0 Å². The first-order valence-electron chi connectivity index (χ1n) is 5.55. The average Bonchev–Trinajstić information content (AvgIpc) is 2.35. The molecule has 0 radical (unpaired) electrons. The Bertz CT molecular complexity index is 731. The zero-order valence-corrected chi connectivity index (χ0v) is 9.47. The summed E-state index contributed by atoms with van der Waals surface area (Å²) in [5.74, 6) is 0.0541. The number of ketones is 1. The molecule has 17 heavy (non-hydrogen) atoms.